The second kappa shape index (κ2) is 5.24. The van der Waals surface area contributed by atoms with E-state index in [1.807, 2.05) is 38.5 Å². The number of guanidine groups is 1. The van der Waals surface area contributed by atoms with Gasteiger partial charge in [-0.25, -0.2) is 4.99 Å². The van der Waals surface area contributed by atoms with Crippen LogP contribution in [-0.4, -0.2) is 62.0 Å². The van der Waals surface area contributed by atoms with Gasteiger partial charge in [0.2, 0.25) is 5.96 Å². The number of pyridine rings is 1. The van der Waals surface area contributed by atoms with E-state index >= 15 is 0 Å². The first-order chi connectivity index (χ1) is 10.1. The first kappa shape index (κ1) is 13.7. The molecule has 1 aromatic heterocycles. The van der Waals surface area contributed by atoms with Gasteiger partial charge < -0.3 is 14.7 Å². The van der Waals surface area contributed by atoms with E-state index in [9.17, 15) is 0 Å². The monoisotopic (exact) mass is 283 g/mol. The normalized spacial score (nSPS) is 15.0. The largest absolute Gasteiger partial charge is 0.377 e. The van der Waals surface area contributed by atoms with E-state index in [4.69, 9.17) is 4.99 Å². The summed E-state index contributed by atoms with van der Waals surface area (Å²) in [5, 5.41) is 1.13. The maximum absolute atomic E-state index is 4.84. The Morgan fingerprint density at radius 2 is 1.81 bits per heavy atom. The second-order valence-electron chi connectivity index (χ2n) is 5.65. The molecule has 2 aromatic rings. The molecule has 0 amide bonds. The topological polar surface area (TPSA) is 35.0 Å². The molecule has 1 aromatic carbocycles. The standard InChI is InChI=1S/C16H21N5/c1-19(2)14-8-9-17-15-12(14)6-5-7-13(15)18-16-20(3)10-11-21(16)4/h5-9H,10-11H2,1-4H3. The number of hydrogen-bond donors (Lipinski definition) is 0. The molecular weight excluding hydrogens is 262 g/mol. The molecule has 0 unspecified atom stereocenters. The van der Waals surface area contributed by atoms with Crippen LogP contribution in [0.3, 0.4) is 0 Å². The first-order valence-electron chi connectivity index (χ1n) is 7.14. The summed E-state index contributed by atoms with van der Waals surface area (Å²) in [5.74, 6) is 1.000. The maximum Gasteiger partial charge on any atom is 0.201 e. The molecule has 0 bridgehead atoms. The van der Waals surface area contributed by atoms with Crippen molar-refractivity contribution in [3.05, 3.63) is 30.5 Å². The first-order valence-corrected chi connectivity index (χ1v) is 7.14. The average molecular weight is 283 g/mol. The van der Waals surface area contributed by atoms with Gasteiger partial charge in [0.1, 0.15) is 0 Å². The van der Waals surface area contributed by atoms with Gasteiger partial charge in [-0.2, -0.15) is 0 Å². The SMILES string of the molecule is CN1CCN(C)C1=Nc1cccc2c(N(C)C)ccnc12. The summed E-state index contributed by atoms with van der Waals surface area (Å²) in [7, 11) is 8.25. The van der Waals surface area contributed by atoms with E-state index in [2.05, 4.69) is 39.8 Å². The van der Waals surface area contributed by atoms with Gasteiger partial charge in [0.15, 0.2) is 0 Å². The number of nitrogens with zero attached hydrogens (tertiary/aromatic N) is 5. The molecule has 0 saturated carbocycles. The Morgan fingerprint density at radius 3 is 2.48 bits per heavy atom. The summed E-state index contributed by atoms with van der Waals surface area (Å²) in [5.41, 5.74) is 3.03. The summed E-state index contributed by atoms with van der Waals surface area (Å²) in [6.45, 7) is 2.02. The summed E-state index contributed by atoms with van der Waals surface area (Å²) >= 11 is 0. The van der Waals surface area contributed by atoms with Gasteiger partial charge in [-0.1, -0.05) is 12.1 Å². The molecular formula is C16H21N5. The maximum atomic E-state index is 4.84. The zero-order valence-electron chi connectivity index (χ0n) is 13.0. The number of benzene rings is 1. The van der Waals surface area contributed by atoms with Crippen LogP contribution in [0.4, 0.5) is 11.4 Å². The Hall–Kier alpha value is -2.30. The Morgan fingerprint density at radius 1 is 1.10 bits per heavy atom. The van der Waals surface area contributed by atoms with Crippen molar-refractivity contribution < 1.29 is 0 Å². The van der Waals surface area contributed by atoms with Crippen molar-refractivity contribution >= 4 is 28.2 Å². The molecule has 2 heterocycles. The lowest BCUT2D eigenvalue weighted by molar-refractivity contribution is 0.553. The number of fused-ring (bicyclic) bond motifs is 1. The van der Waals surface area contributed by atoms with Crippen LogP contribution in [0.25, 0.3) is 10.9 Å². The Bertz CT molecular complexity index is 680. The number of hydrogen-bond acceptors (Lipinski definition) is 3. The fourth-order valence-electron chi connectivity index (χ4n) is 2.70. The van der Waals surface area contributed by atoms with E-state index in [-0.39, 0.29) is 0 Å². The van der Waals surface area contributed by atoms with Crippen LogP contribution in [-0.2, 0) is 0 Å². The highest BCUT2D eigenvalue weighted by atomic mass is 15.4. The number of rotatable bonds is 2. The van der Waals surface area contributed by atoms with Crippen LogP contribution in [0.15, 0.2) is 35.5 Å². The van der Waals surface area contributed by atoms with Gasteiger partial charge in [-0.05, 0) is 12.1 Å². The number of likely N-dealkylation sites (N-methyl/N-ethyl adjacent to an activating group) is 2. The van der Waals surface area contributed by atoms with Crippen LogP contribution in [0.5, 0.6) is 0 Å². The van der Waals surface area contributed by atoms with E-state index in [0.717, 1.165) is 41.3 Å². The highest BCUT2D eigenvalue weighted by Crippen LogP contribution is 2.30. The molecule has 5 nitrogen and oxygen atoms in total. The van der Waals surface area contributed by atoms with Gasteiger partial charge in [0.05, 0.1) is 11.2 Å². The highest BCUT2D eigenvalue weighted by molar-refractivity contribution is 5.99. The average Bonchev–Trinajstić information content (AvgIpc) is 2.78. The zero-order chi connectivity index (χ0) is 15.0. The lowest BCUT2D eigenvalue weighted by Gasteiger charge is -2.17. The molecule has 21 heavy (non-hydrogen) atoms. The summed E-state index contributed by atoms with van der Waals surface area (Å²) in [6, 6.07) is 8.21. The third kappa shape index (κ3) is 2.39. The molecule has 1 aliphatic heterocycles. The molecule has 3 rings (SSSR count). The van der Waals surface area contributed by atoms with Crippen LogP contribution in [0.2, 0.25) is 0 Å². The second-order valence-corrected chi connectivity index (χ2v) is 5.65. The van der Waals surface area contributed by atoms with Crippen LogP contribution in [0.1, 0.15) is 0 Å². The Labute approximate surface area is 125 Å². The molecule has 1 aliphatic rings. The predicted molar refractivity (Wildman–Crippen MR) is 88.4 cm³/mol. The van der Waals surface area contributed by atoms with E-state index < -0.39 is 0 Å². The molecule has 0 spiro atoms. The molecule has 1 saturated heterocycles. The number of anilines is 1. The summed E-state index contributed by atoms with van der Waals surface area (Å²) in [6.07, 6.45) is 1.85. The third-order valence-corrected chi connectivity index (χ3v) is 3.88. The van der Waals surface area contributed by atoms with Crippen molar-refractivity contribution in [2.24, 2.45) is 4.99 Å². The molecule has 5 heteroatoms. The molecule has 0 radical (unpaired) electrons. The third-order valence-electron chi connectivity index (χ3n) is 3.88. The number of aromatic nitrogens is 1. The van der Waals surface area contributed by atoms with Crippen molar-refractivity contribution in [3.8, 4) is 0 Å². The number of para-hydroxylation sites is 1. The minimum Gasteiger partial charge on any atom is -0.377 e. The fraction of sp³-hybridized carbons (Fsp3) is 0.375. The van der Waals surface area contributed by atoms with Crippen LogP contribution >= 0.6 is 0 Å². The molecule has 0 aliphatic carbocycles. The Kier molecular flexibility index (Phi) is 3.41. The van der Waals surface area contributed by atoms with Crippen molar-refractivity contribution in [1.82, 2.24) is 14.8 Å². The van der Waals surface area contributed by atoms with Gasteiger partial charge in [-0.3, -0.25) is 4.98 Å². The van der Waals surface area contributed by atoms with E-state index in [1.54, 1.807) is 0 Å². The van der Waals surface area contributed by atoms with Crippen LogP contribution < -0.4 is 4.90 Å². The molecule has 0 N–H and O–H groups in total. The summed E-state index contributed by atoms with van der Waals surface area (Å²) < 4.78 is 0. The van der Waals surface area contributed by atoms with Crippen molar-refractivity contribution in [2.45, 2.75) is 0 Å². The van der Waals surface area contributed by atoms with Gasteiger partial charge in [0, 0.05) is 58.6 Å². The molecule has 110 valence electrons. The number of aliphatic imine (C=N–C) groups is 1. The van der Waals surface area contributed by atoms with Gasteiger partial charge in [-0.15, -0.1) is 0 Å². The molecule has 0 atom stereocenters. The highest BCUT2D eigenvalue weighted by Gasteiger charge is 2.20. The quantitative estimate of drug-likeness (QED) is 0.846. The minimum atomic E-state index is 0.923. The minimum absolute atomic E-state index is 0.923. The fourth-order valence-corrected chi connectivity index (χ4v) is 2.70. The smallest absolute Gasteiger partial charge is 0.201 e. The lowest BCUT2D eigenvalue weighted by Crippen LogP contribution is -2.27. The van der Waals surface area contributed by atoms with Crippen molar-refractivity contribution in [1.29, 1.82) is 0 Å². The summed E-state index contributed by atoms with van der Waals surface area (Å²) in [4.78, 5) is 15.8. The van der Waals surface area contributed by atoms with Crippen molar-refractivity contribution in [3.63, 3.8) is 0 Å². The molecule has 1 fully saturated rings. The van der Waals surface area contributed by atoms with Crippen molar-refractivity contribution in [2.75, 3.05) is 46.2 Å². The zero-order valence-corrected chi connectivity index (χ0v) is 13.0. The van der Waals surface area contributed by atoms with Crippen LogP contribution in [0, 0.1) is 0 Å². The van der Waals surface area contributed by atoms with Gasteiger partial charge in [0.25, 0.3) is 0 Å². The lowest BCUT2D eigenvalue weighted by atomic mass is 10.1. The van der Waals surface area contributed by atoms with E-state index in [0.29, 0.717) is 0 Å². The van der Waals surface area contributed by atoms with E-state index in [1.165, 1.54) is 0 Å². The Balaban J connectivity index is 2.16. The van der Waals surface area contributed by atoms with Gasteiger partial charge >= 0.3 is 0 Å². The predicted octanol–water partition coefficient (Wildman–Crippen LogP) is 2.17.